The molecule has 0 saturated heterocycles. The van der Waals surface area contributed by atoms with E-state index < -0.39 is 0 Å². The second-order valence-electron chi connectivity index (χ2n) is 8.14. The van der Waals surface area contributed by atoms with Crippen LogP contribution in [0.15, 0.2) is 72.9 Å². The van der Waals surface area contributed by atoms with Crippen LogP contribution < -0.4 is 5.73 Å². The van der Waals surface area contributed by atoms with Gasteiger partial charge in [0, 0.05) is 28.4 Å². The highest BCUT2D eigenvalue weighted by Gasteiger charge is 2.34. The average molecular weight is 444 g/mol. The summed E-state index contributed by atoms with van der Waals surface area (Å²) in [7, 11) is 0. The number of nitrogens with zero attached hydrogens (tertiary/aromatic N) is 5. The molecule has 1 fully saturated rings. The molecule has 8 heteroatoms. The van der Waals surface area contributed by atoms with Gasteiger partial charge in [0.1, 0.15) is 5.65 Å². The molecule has 0 amide bonds. The first-order valence-electron chi connectivity index (χ1n) is 10.4. The Balaban J connectivity index is 0.00000216. The number of rotatable bonds is 4. The Kier molecular flexibility index (Phi) is 5.00. The molecule has 0 radical (unpaired) electrons. The van der Waals surface area contributed by atoms with Crippen LogP contribution in [0.3, 0.4) is 0 Å². The minimum Gasteiger partial charge on any atom is -0.321 e. The lowest BCUT2D eigenvalue weighted by Crippen LogP contribution is -2.43. The average Bonchev–Trinajstić information content (AvgIpc) is 3.46. The van der Waals surface area contributed by atoms with E-state index in [0.29, 0.717) is 5.82 Å². The Morgan fingerprint density at radius 1 is 0.875 bits per heavy atom. The first-order chi connectivity index (χ1) is 15.2. The maximum absolute atomic E-state index is 6.52. The number of fused-ring (bicyclic) bond motifs is 1. The number of hydrogen-bond donors (Lipinski definition) is 2. The quantitative estimate of drug-likeness (QED) is 0.422. The lowest BCUT2D eigenvalue weighted by Gasteiger charge is -2.38. The Hall–Kier alpha value is -3.55. The molecule has 3 heterocycles. The van der Waals surface area contributed by atoms with Gasteiger partial charge in [-0.1, -0.05) is 54.6 Å². The number of nitrogens with one attached hydrogen (secondary N) is 1. The number of benzene rings is 2. The molecular formula is C24H22ClN7. The van der Waals surface area contributed by atoms with E-state index in [1.165, 1.54) is 12.0 Å². The maximum Gasteiger partial charge on any atom is 0.206 e. The second kappa shape index (κ2) is 7.85. The van der Waals surface area contributed by atoms with Gasteiger partial charge in [-0.25, -0.2) is 4.98 Å². The molecular weight excluding hydrogens is 422 g/mol. The van der Waals surface area contributed by atoms with Gasteiger partial charge in [0.25, 0.3) is 0 Å². The van der Waals surface area contributed by atoms with Gasteiger partial charge in [0.05, 0.1) is 11.4 Å². The third-order valence-corrected chi connectivity index (χ3v) is 6.25. The Bertz CT molecular complexity index is 1360. The van der Waals surface area contributed by atoms with Gasteiger partial charge in [-0.15, -0.1) is 22.6 Å². The topological polar surface area (TPSA) is 97.8 Å². The summed E-state index contributed by atoms with van der Waals surface area (Å²) in [5.74, 6) is 0.550. The summed E-state index contributed by atoms with van der Waals surface area (Å²) in [4.78, 5) is 4.98. The van der Waals surface area contributed by atoms with Gasteiger partial charge in [-0.2, -0.15) is 5.21 Å². The van der Waals surface area contributed by atoms with Crippen molar-refractivity contribution < 1.29 is 0 Å². The molecule has 7 nitrogen and oxygen atoms in total. The van der Waals surface area contributed by atoms with Gasteiger partial charge >= 0.3 is 0 Å². The third-order valence-electron chi connectivity index (χ3n) is 6.25. The van der Waals surface area contributed by atoms with Crippen LogP contribution in [0.2, 0.25) is 0 Å². The smallest absolute Gasteiger partial charge is 0.206 e. The van der Waals surface area contributed by atoms with Crippen molar-refractivity contribution in [1.29, 1.82) is 0 Å². The van der Waals surface area contributed by atoms with E-state index in [2.05, 4.69) is 61.4 Å². The van der Waals surface area contributed by atoms with Crippen LogP contribution in [0.1, 0.15) is 24.8 Å². The third kappa shape index (κ3) is 3.26. The van der Waals surface area contributed by atoms with Crippen molar-refractivity contribution in [2.75, 3.05) is 0 Å². The van der Waals surface area contributed by atoms with Crippen molar-refractivity contribution in [1.82, 2.24) is 30.0 Å². The molecule has 0 aliphatic heterocycles. The molecule has 3 N–H and O–H groups in total. The van der Waals surface area contributed by atoms with Crippen molar-refractivity contribution in [3.05, 3.63) is 78.5 Å². The van der Waals surface area contributed by atoms with E-state index in [1.54, 1.807) is 0 Å². The van der Waals surface area contributed by atoms with E-state index in [1.807, 2.05) is 36.5 Å². The number of nitrogens with two attached hydrogens (primary N) is 1. The second-order valence-corrected chi connectivity index (χ2v) is 8.14. The summed E-state index contributed by atoms with van der Waals surface area (Å²) < 4.78 is 2.10. The molecule has 1 aliphatic carbocycles. The van der Waals surface area contributed by atoms with Crippen LogP contribution in [0.5, 0.6) is 0 Å². The lowest BCUT2D eigenvalue weighted by molar-refractivity contribution is 0.253. The first-order valence-corrected chi connectivity index (χ1v) is 10.4. The summed E-state index contributed by atoms with van der Waals surface area (Å²) in [6, 6.07) is 22.8. The van der Waals surface area contributed by atoms with E-state index in [-0.39, 0.29) is 17.9 Å². The zero-order valence-corrected chi connectivity index (χ0v) is 18.1. The Labute approximate surface area is 191 Å². The highest BCUT2D eigenvalue weighted by molar-refractivity contribution is 5.85. The number of H-pyrrole nitrogens is 1. The zero-order chi connectivity index (χ0) is 20.8. The maximum atomic E-state index is 6.52. The highest BCUT2D eigenvalue weighted by atomic mass is 35.5. The molecule has 1 saturated carbocycles. The predicted octanol–water partition coefficient (Wildman–Crippen LogP) is 4.61. The molecule has 32 heavy (non-hydrogen) atoms. The minimum atomic E-state index is -0.167. The summed E-state index contributed by atoms with van der Waals surface area (Å²) in [6.45, 7) is 0. The van der Waals surface area contributed by atoms with Crippen molar-refractivity contribution in [3.8, 4) is 33.9 Å². The Morgan fingerprint density at radius 3 is 2.28 bits per heavy atom. The number of hydrogen-bond acceptors (Lipinski definition) is 5. The fourth-order valence-electron chi connectivity index (χ4n) is 4.34. The fourth-order valence-corrected chi connectivity index (χ4v) is 4.34. The number of pyridine rings is 1. The minimum absolute atomic E-state index is 0. The van der Waals surface area contributed by atoms with Crippen molar-refractivity contribution in [2.24, 2.45) is 5.73 Å². The summed E-state index contributed by atoms with van der Waals surface area (Å²) in [5.41, 5.74) is 13.4. The number of aromatic amines is 1. The van der Waals surface area contributed by atoms with Crippen LogP contribution in [0, 0.1) is 0 Å². The summed E-state index contributed by atoms with van der Waals surface area (Å²) in [5, 5.41) is 14.4. The molecule has 0 bridgehead atoms. The molecule has 5 aromatic rings. The molecule has 0 spiro atoms. The fraction of sp³-hybridized carbons (Fsp3) is 0.167. The molecule has 3 aromatic heterocycles. The summed E-state index contributed by atoms with van der Waals surface area (Å²) in [6.07, 6.45) is 5.31. The molecule has 1 aliphatic rings. The van der Waals surface area contributed by atoms with E-state index in [4.69, 9.17) is 10.7 Å². The molecule has 6 rings (SSSR count). The molecule has 2 aromatic carbocycles. The van der Waals surface area contributed by atoms with Crippen LogP contribution in [-0.2, 0) is 5.54 Å². The van der Waals surface area contributed by atoms with E-state index in [9.17, 15) is 0 Å². The van der Waals surface area contributed by atoms with Crippen LogP contribution in [0.4, 0.5) is 0 Å². The van der Waals surface area contributed by atoms with Crippen molar-refractivity contribution >= 4 is 18.1 Å². The summed E-state index contributed by atoms with van der Waals surface area (Å²) >= 11 is 0. The zero-order valence-electron chi connectivity index (χ0n) is 17.3. The largest absolute Gasteiger partial charge is 0.321 e. The SMILES string of the molecule is Cl.NC1(c2ccc(-c3nc4ccc(-c5nn[nH]n5)cn4c3-c3ccccc3)cc2)CCC1. The number of tetrazole rings is 1. The first kappa shape index (κ1) is 20.4. The van der Waals surface area contributed by atoms with Gasteiger partial charge in [-0.05, 0) is 42.2 Å². The van der Waals surface area contributed by atoms with Crippen molar-refractivity contribution in [3.63, 3.8) is 0 Å². The number of halogens is 1. The van der Waals surface area contributed by atoms with Gasteiger partial charge in [-0.3, -0.25) is 4.40 Å². The van der Waals surface area contributed by atoms with Gasteiger partial charge < -0.3 is 5.73 Å². The standard InChI is InChI=1S/C24H21N7.ClH/c25-24(13-4-14-24)19-10-7-16(8-11-19)21-22(17-5-2-1-3-6-17)31-15-18(9-12-20(31)26-21)23-27-29-30-28-23;/h1-3,5-12,15H,4,13-14,25H2,(H,27,28,29,30);1H. The van der Waals surface area contributed by atoms with E-state index in [0.717, 1.165) is 46.6 Å². The lowest BCUT2D eigenvalue weighted by atomic mass is 9.72. The van der Waals surface area contributed by atoms with Crippen LogP contribution in [0.25, 0.3) is 39.5 Å². The van der Waals surface area contributed by atoms with Crippen molar-refractivity contribution in [2.45, 2.75) is 24.8 Å². The van der Waals surface area contributed by atoms with Gasteiger partial charge in [0.15, 0.2) is 0 Å². The molecule has 0 atom stereocenters. The predicted molar refractivity (Wildman–Crippen MR) is 126 cm³/mol. The van der Waals surface area contributed by atoms with Gasteiger partial charge in [0.2, 0.25) is 5.82 Å². The Morgan fingerprint density at radius 2 is 1.62 bits per heavy atom. The van der Waals surface area contributed by atoms with Crippen LogP contribution in [-0.4, -0.2) is 30.0 Å². The normalized spacial score (nSPS) is 14.7. The molecule has 160 valence electrons. The number of aromatic nitrogens is 6. The number of imidazole rings is 1. The molecule has 0 unspecified atom stereocenters. The monoisotopic (exact) mass is 443 g/mol. The van der Waals surface area contributed by atoms with E-state index >= 15 is 0 Å². The van der Waals surface area contributed by atoms with Crippen LogP contribution >= 0.6 is 12.4 Å². The highest BCUT2D eigenvalue weighted by Crippen LogP contribution is 2.40.